The second kappa shape index (κ2) is 4.45. The van der Waals surface area contributed by atoms with E-state index in [-0.39, 0.29) is 0 Å². The van der Waals surface area contributed by atoms with Crippen LogP contribution >= 0.6 is 0 Å². The topological polar surface area (TPSA) is 0 Å². The van der Waals surface area contributed by atoms with Gasteiger partial charge in [-0.1, -0.05) is 43.7 Å². The number of allylic oxidation sites excluding steroid dienone is 5. The fourth-order valence-corrected chi connectivity index (χ4v) is 1.66. The van der Waals surface area contributed by atoms with Gasteiger partial charge >= 0.3 is 0 Å². The number of hydrogen-bond acceptors (Lipinski definition) is 0. The fourth-order valence-electron chi connectivity index (χ4n) is 1.66. The highest BCUT2D eigenvalue weighted by Crippen LogP contribution is 2.26. The predicted molar refractivity (Wildman–Crippen MR) is 59.7 cm³/mol. The lowest BCUT2D eigenvalue weighted by molar-refractivity contribution is 0.642. The van der Waals surface area contributed by atoms with Gasteiger partial charge in [0.2, 0.25) is 0 Å². The lowest BCUT2D eigenvalue weighted by atomic mass is 9.90. The van der Waals surface area contributed by atoms with E-state index in [1.165, 1.54) is 29.6 Å². The molecule has 0 saturated carbocycles. The molecule has 1 aliphatic rings. The standard InChI is InChI=1S/C13H20/c1-10(2)9-12(4)13-7-5-11(3)6-8-13/h5,7,10H,4,6,8-9H2,1-3H3. The molecule has 0 bridgehead atoms. The second-order valence-electron chi connectivity index (χ2n) is 4.41. The molecule has 0 saturated heterocycles. The van der Waals surface area contributed by atoms with Crippen LogP contribution in [0.25, 0.3) is 0 Å². The van der Waals surface area contributed by atoms with Crippen molar-refractivity contribution in [2.75, 3.05) is 0 Å². The van der Waals surface area contributed by atoms with Crippen molar-refractivity contribution in [3.8, 4) is 0 Å². The van der Waals surface area contributed by atoms with Crippen molar-refractivity contribution in [3.63, 3.8) is 0 Å². The van der Waals surface area contributed by atoms with E-state index in [2.05, 4.69) is 39.5 Å². The van der Waals surface area contributed by atoms with Crippen LogP contribution in [0.15, 0.2) is 35.5 Å². The summed E-state index contributed by atoms with van der Waals surface area (Å²) >= 11 is 0. The van der Waals surface area contributed by atoms with Crippen LogP contribution in [0, 0.1) is 5.92 Å². The molecule has 0 aromatic heterocycles. The number of hydrogen-bond donors (Lipinski definition) is 0. The molecule has 13 heavy (non-hydrogen) atoms. The summed E-state index contributed by atoms with van der Waals surface area (Å²) in [5.41, 5.74) is 4.28. The largest absolute Gasteiger partial charge is 0.0955 e. The first-order valence-corrected chi connectivity index (χ1v) is 5.14. The van der Waals surface area contributed by atoms with Crippen LogP contribution in [0.4, 0.5) is 0 Å². The van der Waals surface area contributed by atoms with Crippen LogP contribution in [-0.2, 0) is 0 Å². The summed E-state index contributed by atoms with van der Waals surface area (Å²) in [6.45, 7) is 10.8. The fraction of sp³-hybridized carbons (Fsp3) is 0.538. The highest BCUT2D eigenvalue weighted by atomic mass is 14.1. The van der Waals surface area contributed by atoms with Crippen molar-refractivity contribution in [3.05, 3.63) is 35.5 Å². The van der Waals surface area contributed by atoms with Gasteiger partial charge in [-0.15, -0.1) is 0 Å². The average Bonchev–Trinajstić information content (AvgIpc) is 2.04. The minimum atomic E-state index is 0.723. The molecule has 0 aliphatic heterocycles. The Labute approximate surface area is 82.0 Å². The summed E-state index contributed by atoms with van der Waals surface area (Å²) in [7, 11) is 0. The Balaban J connectivity index is 2.58. The third-order valence-electron chi connectivity index (χ3n) is 2.47. The summed E-state index contributed by atoms with van der Waals surface area (Å²) in [6.07, 6.45) is 8.00. The monoisotopic (exact) mass is 176 g/mol. The van der Waals surface area contributed by atoms with E-state index in [0.29, 0.717) is 0 Å². The maximum atomic E-state index is 4.15. The molecule has 0 unspecified atom stereocenters. The normalized spacial score (nSPS) is 16.9. The van der Waals surface area contributed by atoms with Gasteiger partial charge in [-0.25, -0.2) is 0 Å². The molecule has 0 fully saturated rings. The third kappa shape index (κ3) is 3.22. The van der Waals surface area contributed by atoms with Crippen LogP contribution in [0.1, 0.15) is 40.0 Å². The molecule has 0 heterocycles. The lowest BCUT2D eigenvalue weighted by Gasteiger charge is -2.15. The zero-order valence-electron chi connectivity index (χ0n) is 9.06. The minimum absolute atomic E-state index is 0.723. The average molecular weight is 176 g/mol. The third-order valence-corrected chi connectivity index (χ3v) is 2.47. The minimum Gasteiger partial charge on any atom is -0.0955 e. The van der Waals surface area contributed by atoms with Crippen molar-refractivity contribution in [2.45, 2.75) is 40.0 Å². The molecule has 0 heteroatoms. The van der Waals surface area contributed by atoms with E-state index in [0.717, 1.165) is 12.3 Å². The zero-order chi connectivity index (χ0) is 9.84. The van der Waals surface area contributed by atoms with Crippen LogP contribution in [0.5, 0.6) is 0 Å². The van der Waals surface area contributed by atoms with E-state index >= 15 is 0 Å². The SMILES string of the molecule is C=C(CC(C)C)C1=CC=C(C)CC1. The molecular formula is C13H20. The van der Waals surface area contributed by atoms with Crippen molar-refractivity contribution in [1.82, 2.24) is 0 Å². The molecule has 72 valence electrons. The lowest BCUT2D eigenvalue weighted by Crippen LogP contribution is -1.97. The molecular weight excluding hydrogens is 156 g/mol. The zero-order valence-corrected chi connectivity index (χ0v) is 9.06. The Morgan fingerprint density at radius 1 is 1.38 bits per heavy atom. The van der Waals surface area contributed by atoms with Crippen LogP contribution in [0.2, 0.25) is 0 Å². The van der Waals surface area contributed by atoms with Gasteiger partial charge in [-0.3, -0.25) is 0 Å². The molecule has 0 spiro atoms. The molecule has 0 N–H and O–H groups in total. The summed E-state index contributed by atoms with van der Waals surface area (Å²) in [6, 6.07) is 0. The summed E-state index contributed by atoms with van der Waals surface area (Å²) in [4.78, 5) is 0. The van der Waals surface area contributed by atoms with Crippen molar-refractivity contribution < 1.29 is 0 Å². The first-order valence-electron chi connectivity index (χ1n) is 5.14. The van der Waals surface area contributed by atoms with Gasteiger partial charge in [-0.2, -0.15) is 0 Å². The van der Waals surface area contributed by atoms with Crippen LogP contribution < -0.4 is 0 Å². The molecule has 0 aromatic rings. The van der Waals surface area contributed by atoms with Gasteiger partial charge in [0.05, 0.1) is 0 Å². The Morgan fingerprint density at radius 3 is 2.54 bits per heavy atom. The first-order chi connectivity index (χ1) is 6.09. The van der Waals surface area contributed by atoms with Crippen LogP contribution in [-0.4, -0.2) is 0 Å². The molecule has 0 aromatic carbocycles. The first kappa shape index (κ1) is 10.3. The van der Waals surface area contributed by atoms with Crippen molar-refractivity contribution in [2.24, 2.45) is 5.92 Å². The van der Waals surface area contributed by atoms with Gasteiger partial charge in [0.1, 0.15) is 0 Å². The second-order valence-corrected chi connectivity index (χ2v) is 4.41. The smallest absolute Gasteiger partial charge is 0.0239 e. The molecule has 0 atom stereocenters. The van der Waals surface area contributed by atoms with E-state index in [1.54, 1.807) is 0 Å². The Morgan fingerprint density at radius 2 is 2.08 bits per heavy atom. The van der Waals surface area contributed by atoms with Gasteiger partial charge in [0.25, 0.3) is 0 Å². The van der Waals surface area contributed by atoms with Gasteiger partial charge in [0.15, 0.2) is 0 Å². The predicted octanol–water partition coefficient (Wildman–Crippen LogP) is 4.26. The summed E-state index contributed by atoms with van der Waals surface area (Å²) in [5, 5.41) is 0. The highest BCUT2D eigenvalue weighted by molar-refractivity contribution is 5.36. The van der Waals surface area contributed by atoms with Crippen molar-refractivity contribution in [1.29, 1.82) is 0 Å². The quantitative estimate of drug-likeness (QED) is 0.603. The maximum Gasteiger partial charge on any atom is -0.0239 e. The highest BCUT2D eigenvalue weighted by Gasteiger charge is 2.07. The maximum absolute atomic E-state index is 4.15. The summed E-state index contributed by atoms with van der Waals surface area (Å²) < 4.78 is 0. The molecule has 0 radical (unpaired) electrons. The van der Waals surface area contributed by atoms with Crippen molar-refractivity contribution >= 4 is 0 Å². The molecule has 1 rings (SSSR count). The Hall–Kier alpha value is -0.780. The molecule has 1 aliphatic carbocycles. The Bertz CT molecular complexity index is 251. The van der Waals surface area contributed by atoms with E-state index in [1.807, 2.05) is 0 Å². The van der Waals surface area contributed by atoms with Gasteiger partial charge < -0.3 is 0 Å². The van der Waals surface area contributed by atoms with E-state index < -0.39 is 0 Å². The summed E-state index contributed by atoms with van der Waals surface area (Å²) in [5.74, 6) is 0.723. The molecule has 0 nitrogen and oxygen atoms in total. The van der Waals surface area contributed by atoms with E-state index in [4.69, 9.17) is 0 Å². The van der Waals surface area contributed by atoms with Crippen LogP contribution in [0.3, 0.4) is 0 Å². The van der Waals surface area contributed by atoms with E-state index in [9.17, 15) is 0 Å². The number of rotatable bonds is 3. The van der Waals surface area contributed by atoms with Gasteiger partial charge in [-0.05, 0) is 37.7 Å². The Kier molecular flexibility index (Phi) is 3.53. The van der Waals surface area contributed by atoms with Gasteiger partial charge in [0, 0.05) is 0 Å². The molecule has 0 amide bonds.